The summed E-state index contributed by atoms with van der Waals surface area (Å²) in [7, 11) is 0. The van der Waals surface area contributed by atoms with Crippen LogP contribution in [-0.2, 0) is 32.3 Å². The van der Waals surface area contributed by atoms with Gasteiger partial charge in [-0.05, 0) is 47.5 Å². The first-order valence-corrected chi connectivity index (χ1v) is 11.6. The fourth-order valence-electron chi connectivity index (χ4n) is 4.36. The molecule has 3 aromatic rings. The van der Waals surface area contributed by atoms with Crippen LogP contribution in [0.25, 0.3) is 0 Å². The Morgan fingerprint density at radius 2 is 1.08 bits per heavy atom. The molecule has 2 saturated heterocycles. The Hall–Kier alpha value is -4.28. The van der Waals surface area contributed by atoms with E-state index >= 15 is 0 Å². The highest BCUT2D eigenvalue weighted by molar-refractivity contribution is 6.24. The second kappa shape index (κ2) is 10.1. The second-order valence-electron chi connectivity index (χ2n) is 8.65. The highest BCUT2D eigenvalue weighted by Gasteiger charge is 2.41. The SMILES string of the molecule is O=C1C[C@@H](NCc2cccnc2)C(=O)N1c1ccc(N2C(=O)C[C@@H](NCc3cccnc3)C2=O)cc1. The molecule has 0 spiro atoms. The number of hydrogen-bond donors (Lipinski definition) is 2. The zero-order chi connectivity index (χ0) is 25.1. The van der Waals surface area contributed by atoms with Crippen molar-refractivity contribution in [1.82, 2.24) is 20.6 Å². The summed E-state index contributed by atoms with van der Waals surface area (Å²) in [6.07, 6.45) is 6.83. The minimum absolute atomic E-state index is 0.0498. The number of anilines is 2. The van der Waals surface area contributed by atoms with Crippen LogP contribution in [0.4, 0.5) is 11.4 Å². The molecule has 0 bridgehead atoms. The van der Waals surface area contributed by atoms with Gasteiger partial charge in [-0.2, -0.15) is 0 Å². The van der Waals surface area contributed by atoms with Crippen molar-refractivity contribution in [3.05, 3.63) is 84.4 Å². The summed E-state index contributed by atoms with van der Waals surface area (Å²) in [5.74, 6) is -1.32. The van der Waals surface area contributed by atoms with Crippen molar-refractivity contribution < 1.29 is 19.2 Å². The number of carbonyl (C=O) groups is 4. The van der Waals surface area contributed by atoms with Gasteiger partial charge in [0.2, 0.25) is 11.8 Å². The molecule has 2 aromatic heterocycles. The van der Waals surface area contributed by atoms with Gasteiger partial charge in [-0.25, -0.2) is 9.80 Å². The molecule has 4 heterocycles. The van der Waals surface area contributed by atoms with Gasteiger partial charge >= 0.3 is 0 Å². The molecule has 10 nitrogen and oxygen atoms in total. The van der Waals surface area contributed by atoms with E-state index in [0.717, 1.165) is 20.9 Å². The molecule has 5 rings (SSSR count). The van der Waals surface area contributed by atoms with E-state index in [1.54, 1.807) is 61.2 Å². The van der Waals surface area contributed by atoms with E-state index in [4.69, 9.17) is 0 Å². The molecule has 36 heavy (non-hydrogen) atoms. The van der Waals surface area contributed by atoms with Gasteiger partial charge in [0.25, 0.3) is 11.8 Å². The van der Waals surface area contributed by atoms with E-state index in [0.29, 0.717) is 24.5 Å². The summed E-state index contributed by atoms with van der Waals surface area (Å²) in [5, 5.41) is 6.23. The van der Waals surface area contributed by atoms with Crippen molar-refractivity contribution in [3.63, 3.8) is 0 Å². The number of hydrogen-bond acceptors (Lipinski definition) is 8. The molecule has 1 aromatic carbocycles. The lowest BCUT2D eigenvalue weighted by Crippen LogP contribution is -2.39. The van der Waals surface area contributed by atoms with Gasteiger partial charge in [-0.15, -0.1) is 0 Å². The standard InChI is InChI=1S/C26H24N6O4/c33-23-11-21(29-15-17-3-1-9-27-13-17)25(35)31(23)19-5-7-20(8-6-19)32-24(34)12-22(26(32)36)30-16-18-4-2-10-28-14-18/h1-10,13-14,21-22,29-30H,11-12,15-16H2/t21-,22-/m1/s1. The highest BCUT2D eigenvalue weighted by Crippen LogP contribution is 2.28. The number of nitrogens with one attached hydrogen (secondary N) is 2. The molecule has 2 N–H and O–H groups in total. The van der Waals surface area contributed by atoms with Crippen LogP contribution < -0.4 is 20.4 Å². The summed E-state index contributed by atoms with van der Waals surface area (Å²) in [6, 6.07) is 12.4. The quantitative estimate of drug-likeness (QED) is 0.459. The summed E-state index contributed by atoms with van der Waals surface area (Å²) in [5.41, 5.74) is 2.61. The minimum atomic E-state index is -0.634. The Kier molecular flexibility index (Phi) is 6.61. The Morgan fingerprint density at radius 1 is 0.667 bits per heavy atom. The predicted molar refractivity (Wildman–Crippen MR) is 130 cm³/mol. The molecule has 2 aliphatic heterocycles. The zero-order valence-corrected chi connectivity index (χ0v) is 19.3. The summed E-state index contributed by atoms with van der Waals surface area (Å²) < 4.78 is 0. The first kappa shape index (κ1) is 23.5. The fourth-order valence-corrected chi connectivity index (χ4v) is 4.36. The van der Waals surface area contributed by atoms with Crippen LogP contribution in [0.15, 0.2) is 73.3 Å². The number of pyridine rings is 2. The monoisotopic (exact) mass is 484 g/mol. The molecule has 10 heteroatoms. The smallest absolute Gasteiger partial charge is 0.251 e. The van der Waals surface area contributed by atoms with Crippen LogP contribution in [0.3, 0.4) is 0 Å². The molecule has 182 valence electrons. The number of carbonyl (C=O) groups excluding carboxylic acids is 4. The maximum atomic E-state index is 12.9. The van der Waals surface area contributed by atoms with Gasteiger partial charge in [0, 0.05) is 37.9 Å². The van der Waals surface area contributed by atoms with Crippen molar-refractivity contribution in [3.8, 4) is 0 Å². The van der Waals surface area contributed by atoms with Gasteiger partial charge in [0.15, 0.2) is 0 Å². The van der Waals surface area contributed by atoms with Crippen molar-refractivity contribution in [2.24, 2.45) is 0 Å². The summed E-state index contributed by atoms with van der Waals surface area (Å²) >= 11 is 0. The predicted octanol–water partition coefficient (Wildman–Crippen LogP) is 1.32. The molecule has 2 aliphatic rings. The van der Waals surface area contributed by atoms with Crippen LogP contribution in [0.2, 0.25) is 0 Å². The number of amides is 4. The summed E-state index contributed by atoms with van der Waals surface area (Å²) in [4.78, 5) is 61.4. The molecule has 4 amide bonds. The molecule has 0 unspecified atom stereocenters. The van der Waals surface area contributed by atoms with Crippen molar-refractivity contribution >= 4 is 35.0 Å². The average molecular weight is 485 g/mol. The van der Waals surface area contributed by atoms with Crippen LogP contribution >= 0.6 is 0 Å². The van der Waals surface area contributed by atoms with E-state index in [1.807, 2.05) is 12.1 Å². The number of nitrogens with zero attached hydrogens (tertiary/aromatic N) is 4. The fraction of sp³-hybridized carbons (Fsp3) is 0.231. The van der Waals surface area contributed by atoms with E-state index < -0.39 is 12.1 Å². The van der Waals surface area contributed by atoms with Crippen LogP contribution in [0.1, 0.15) is 24.0 Å². The number of rotatable bonds is 8. The lowest BCUT2D eigenvalue weighted by molar-refractivity contribution is -0.123. The Balaban J connectivity index is 1.23. The number of benzene rings is 1. The topological polar surface area (TPSA) is 125 Å². The molecule has 0 radical (unpaired) electrons. The third-order valence-corrected chi connectivity index (χ3v) is 6.21. The molecule has 0 saturated carbocycles. The van der Waals surface area contributed by atoms with Crippen molar-refractivity contribution in [2.45, 2.75) is 38.0 Å². The number of imide groups is 2. The Labute approximate surface area is 207 Å². The van der Waals surface area contributed by atoms with Gasteiger partial charge in [-0.3, -0.25) is 29.1 Å². The lowest BCUT2D eigenvalue weighted by atomic mass is 10.2. The third kappa shape index (κ3) is 4.77. The maximum Gasteiger partial charge on any atom is 0.251 e. The van der Waals surface area contributed by atoms with Crippen LogP contribution in [0, 0.1) is 0 Å². The molecular weight excluding hydrogens is 460 g/mol. The zero-order valence-electron chi connectivity index (χ0n) is 19.3. The lowest BCUT2D eigenvalue weighted by Gasteiger charge is -2.19. The van der Waals surface area contributed by atoms with Gasteiger partial charge in [0.1, 0.15) is 0 Å². The first-order chi connectivity index (χ1) is 17.5. The average Bonchev–Trinajstić information content (AvgIpc) is 3.35. The van der Waals surface area contributed by atoms with Gasteiger partial charge < -0.3 is 10.6 Å². The van der Waals surface area contributed by atoms with E-state index in [9.17, 15) is 19.2 Å². The maximum absolute atomic E-state index is 12.9. The Morgan fingerprint density at radius 3 is 1.44 bits per heavy atom. The van der Waals surface area contributed by atoms with Gasteiger partial charge in [0.05, 0.1) is 36.3 Å². The van der Waals surface area contributed by atoms with Crippen LogP contribution in [-0.4, -0.2) is 45.7 Å². The van der Waals surface area contributed by atoms with E-state index in [-0.39, 0.29) is 36.5 Å². The minimum Gasteiger partial charge on any atom is -0.301 e. The largest absolute Gasteiger partial charge is 0.301 e. The molecular formula is C26H24N6O4. The highest BCUT2D eigenvalue weighted by atomic mass is 16.2. The number of aromatic nitrogens is 2. The normalized spacial score (nSPS) is 20.0. The summed E-state index contributed by atoms with van der Waals surface area (Å²) in [6.45, 7) is 0.832. The second-order valence-corrected chi connectivity index (χ2v) is 8.65. The molecule has 2 atom stereocenters. The van der Waals surface area contributed by atoms with Gasteiger partial charge in [-0.1, -0.05) is 12.1 Å². The van der Waals surface area contributed by atoms with Crippen molar-refractivity contribution in [2.75, 3.05) is 9.80 Å². The third-order valence-electron chi connectivity index (χ3n) is 6.21. The molecule has 2 fully saturated rings. The van der Waals surface area contributed by atoms with Crippen molar-refractivity contribution in [1.29, 1.82) is 0 Å². The van der Waals surface area contributed by atoms with Crippen LogP contribution in [0.5, 0.6) is 0 Å². The molecule has 0 aliphatic carbocycles. The Bertz CT molecular complexity index is 1180. The first-order valence-electron chi connectivity index (χ1n) is 11.6. The van der Waals surface area contributed by atoms with E-state index in [1.165, 1.54) is 0 Å². The van der Waals surface area contributed by atoms with E-state index in [2.05, 4.69) is 20.6 Å².